The van der Waals surface area contributed by atoms with Crippen LogP contribution in [-0.2, 0) is 14.3 Å². The number of carboxylic acids is 2. The van der Waals surface area contributed by atoms with Gasteiger partial charge in [-0.05, 0) is 39.0 Å². The largest absolute Gasteiger partial charge is 0.481 e. The summed E-state index contributed by atoms with van der Waals surface area (Å²) in [7, 11) is 0. The van der Waals surface area contributed by atoms with Crippen LogP contribution in [0.4, 0.5) is 0 Å². The van der Waals surface area contributed by atoms with E-state index in [0.29, 0.717) is 6.42 Å². The highest BCUT2D eigenvalue weighted by molar-refractivity contribution is 5.72. The summed E-state index contributed by atoms with van der Waals surface area (Å²) in [4.78, 5) is 21.8. The van der Waals surface area contributed by atoms with Crippen molar-refractivity contribution in [2.75, 3.05) is 0 Å². The zero-order chi connectivity index (χ0) is 14.7. The predicted molar refractivity (Wildman–Crippen MR) is 72.4 cm³/mol. The van der Waals surface area contributed by atoms with E-state index < -0.39 is 11.9 Å². The summed E-state index contributed by atoms with van der Waals surface area (Å²) >= 11 is 0. The number of aliphatic carboxylic acids is 2. The van der Waals surface area contributed by atoms with Gasteiger partial charge in [-0.2, -0.15) is 0 Å². The van der Waals surface area contributed by atoms with Gasteiger partial charge in [-0.25, -0.2) is 0 Å². The average molecular weight is 282 g/mol. The van der Waals surface area contributed by atoms with Gasteiger partial charge >= 0.3 is 11.9 Å². The van der Waals surface area contributed by atoms with Gasteiger partial charge in [0.25, 0.3) is 0 Å². The van der Waals surface area contributed by atoms with E-state index in [0.717, 1.165) is 31.3 Å². The Hall–Kier alpha value is -1.36. The SMILES string of the molecule is CC(=CCC1C2CCC(O2)C1C(=O)O)CCCC(=O)O. The third kappa shape index (κ3) is 3.39. The third-order valence-corrected chi connectivity index (χ3v) is 4.41. The van der Waals surface area contributed by atoms with Gasteiger partial charge in [0.2, 0.25) is 0 Å². The molecule has 2 N–H and O–H groups in total. The molecule has 4 atom stereocenters. The second kappa shape index (κ2) is 6.39. The van der Waals surface area contributed by atoms with Crippen LogP contribution < -0.4 is 0 Å². The molecule has 2 heterocycles. The third-order valence-electron chi connectivity index (χ3n) is 4.41. The first kappa shape index (κ1) is 15.0. The molecule has 0 spiro atoms. The van der Waals surface area contributed by atoms with Crippen LogP contribution in [0.1, 0.15) is 45.4 Å². The predicted octanol–water partition coefficient (Wildman–Crippen LogP) is 2.46. The van der Waals surface area contributed by atoms with Gasteiger partial charge < -0.3 is 14.9 Å². The van der Waals surface area contributed by atoms with Gasteiger partial charge in [0.1, 0.15) is 0 Å². The topological polar surface area (TPSA) is 83.8 Å². The first-order valence-corrected chi connectivity index (χ1v) is 7.24. The Morgan fingerprint density at radius 1 is 1.20 bits per heavy atom. The Kier molecular flexibility index (Phi) is 4.81. The molecular formula is C15H22O5. The van der Waals surface area contributed by atoms with E-state index in [2.05, 4.69) is 6.08 Å². The molecule has 2 fully saturated rings. The number of fused-ring (bicyclic) bond motifs is 2. The number of carboxylic acid groups (broad SMARTS) is 2. The van der Waals surface area contributed by atoms with Gasteiger partial charge in [0.15, 0.2) is 0 Å². The Labute approximate surface area is 118 Å². The molecule has 2 aliphatic rings. The van der Waals surface area contributed by atoms with E-state index in [-0.39, 0.29) is 30.5 Å². The van der Waals surface area contributed by atoms with Gasteiger partial charge in [-0.3, -0.25) is 9.59 Å². The average Bonchev–Trinajstić information content (AvgIpc) is 2.95. The van der Waals surface area contributed by atoms with Crippen molar-refractivity contribution in [1.29, 1.82) is 0 Å². The Bertz CT molecular complexity index is 414. The summed E-state index contributed by atoms with van der Waals surface area (Å²) in [6.07, 6.45) is 6.15. The highest BCUT2D eigenvalue weighted by atomic mass is 16.5. The number of ether oxygens (including phenoxy) is 1. The minimum Gasteiger partial charge on any atom is -0.481 e. The van der Waals surface area contributed by atoms with E-state index in [4.69, 9.17) is 9.84 Å². The molecule has 20 heavy (non-hydrogen) atoms. The molecule has 5 nitrogen and oxygen atoms in total. The minimum atomic E-state index is -0.773. The lowest BCUT2D eigenvalue weighted by molar-refractivity contribution is -0.144. The highest BCUT2D eigenvalue weighted by Crippen LogP contribution is 2.45. The first-order chi connectivity index (χ1) is 9.49. The van der Waals surface area contributed by atoms with Crippen molar-refractivity contribution in [3.05, 3.63) is 11.6 Å². The number of rotatable bonds is 7. The molecule has 0 aromatic rings. The number of hydrogen-bond acceptors (Lipinski definition) is 3. The molecule has 112 valence electrons. The van der Waals surface area contributed by atoms with Crippen LogP contribution in [0.2, 0.25) is 0 Å². The van der Waals surface area contributed by atoms with Crippen molar-refractivity contribution in [3.8, 4) is 0 Å². The zero-order valence-electron chi connectivity index (χ0n) is 11.7. The van der Waals surface area contributed by atoms with Crippen molar-refractivity contribution in [2.24, 2.45) is 11.8 Å². The molecule has 2 aliphatic heterocycles. The number of carbonyl (C=O) groups is 2. The summed E-state index contributed by atoms with van der Waals surface area (Å²) in [5.74, 6) is -1.83. The molecule has 0 aliphatic carbocycles. The van der Waals surface area contributed by atoms with Crippen molar-refractivity contribution in [2.45, 2.75) is 57.7 Å². The lowest BCUT2D eigenvalue weighted by Gasteiger charge is -2.23. The van der Waals surface area contributed by atoms with E-state index in [1.165, 1.54) is 0 Å². The van der Waals surface area contributed by atoms with Crippen molar-refractivity contribution in [3.63, 3.8) is 0 Å². The molecule has 0 radical (unpaired) electrons. The first-order valence-electron chi connectivity index (χ1n) is 7.24. The quantitative estimate of drug-likeness (QED) is 0.701. The summed E-state index contributed by atoms with van der Waals surface area (Å²) in [6, 6.07) is 0. The maximum Gasteiger partial charge on any atom is 0.309 e. The Balaban J connectivity index is 1.85. The lowest BCUT2D eigenvalue weighted by atomic mass is 9.77. The van der Waals surface area contributed by atoms with Crippen LogP contribution >= 0.6 is 0 Å². The lowest BCUT2D eigenvalue weighted by Crippen LogP contribution is -2.33. The van der Waals surface area contributed by atoms with Crippen molar-refractivity contribution < 1.29 is 24.5 Å². The van der Waals surface area contributed by atoms with Crippen LogP contribution in [0.15, 0.2) is 11.6 Å². The highest BCUT2D eigenvalue weighted by Gasteiger charge is 2.51. The fourth-order valence-corrected chi connectivity index (χ4v) is 3.37. The Morgan fingerprint density at radius 2 is 1.90 bits per heavy atom. The molecule has 0 aromatic heterocycles. The van der Waals surface area contributed by atoms with Gasteiger partial charge in [-0.1, -0.05) is 11.6 Å². The zero-order valence-corrected chi connectivity index (χ0v) is 11.7. The molecule has 0 amide bonds. The van der Waals surface area contributed by atoms with Crippen LogP contribution in [-0.4, -0.2) is 34.4 Å². The fourth-order valence-electron chi connectivity index (χ4n) is 3.37. The summed E-state index contributed by atoms with van der Waals surface area (Å²) < 4.78 is 5.72. The standard InChI is InChI=1S/C15H22O5/c1-9(3-2-4-13(16)17)5-6-10-11-7-8-12(20-11)14(10)15(18)19/h5,10-12,14H,2-4,6-8H2,1H3,(H,16,17)(H,18,19). The summed E-state index contributed by atoms with van der Waals surface area (Å²) in [5.41, 5.74) is 1.14. The van der Waals surface area contributed by atoms with E-state index >= 15 is 0 Å². The minimum absolute atomic E-state index is 0.0701. The van der Waals surface area contributed by atoms with Crippen molar-refractivity contribution in [1.82, 2.24) is 0 Å². The monoisotopic (exact) mass is 282 g/mol. The molecule has 2 bridgehead atoms. The normalized spacial score (nSPS) is 32.5. The van der Waals surface area contributed by atoms with Gasteiger partial charge in [-0.15, -0.1) is 0 Å². The smallest absolute Gasteiger partial charge is 0.309 e. The summed E-state index contributed by atoms with van der Waals surface area (Å²) in [5, 5.41) is 17.9. The fraction of sp³-hybridized carbons (Fsp3) is 0.733. The van der Waals surface area contributed by atoms with E-state index in [9.17, 15) is 14.7 Å². The number of hydrogen-bond donors (Lipinski definition) is 2. The van der Waals surface area contributed by atoms with E-state index in [1.54, 1.807) is 0 Å². The van der Waals surface area contributed by atoms with Crippen LogP contribution in [0.25, 0.3) is 0 Å². The van der Waals surface area contributed by atoms with E-state index in [1.807, 2.05) is 6.92 Å². The summed E-state index contributed by atoms with van der Waals surface area (Å²) in [6.45, 7) is 1.98. The Morgan fingerprint density at radius 3 is 2.55 bits per heavy atom. The van der Waals surface area contributed by atoms with Crippen molar-refractivity contribution >= 4 is 11.9 Å². The molecule has 4 unspecified atom stereocenters. The molecule has 0 saturated carbocycles. The molecule has 5 heteroatoms. The second-order valence-electron chi connectivity index (χ2n) is 5.85. The molecule has 2 saturated heterocycles. The number of allylic oxidation sites excluding steroid dienone is 2. The molecular weight excluding hydrogens is 260 g/mol. The van der Waals surface area contributed by atoms with Crippen LogP contribution in [0.5, 0.6) is 0 Å². The molecule has 0 aromatic carbocycles. The van der Waals surface area contributed by atoms with Gasteiger partial charge in [0.05, 0.1) is 18.1 Å². The maximum atomic E-state index is 11.3. The second-order valence-corrected chi connectivity index (χ2v) is 5.85. The van der Waals surface area contributed by atoms with Crippen LogP contribution in [0.3, 0.4) is 0 Å². The van der Waals surface area contributed by atoms with Gasteiger partial charge in [0, 0.05) is 12.3 Å². The maximum absolute atomic E-state index is 11.3. The molecule has 2 rings (SSSR count). The van der Waals surface area contributed by atoms with Crippen LogP contribution in [0, 0.1) is 11.8 Å².